The number of nitrogens with one attached hydrogen (secondary N) is 1. The molecule has 1 N–H and O–H groups in total. The summed E-state index contributed by atoms with van der Waals surface area (Å²) >= 11 is 0. The zero-order valence-electron chi connectivity index (χ0n) is 14.4. The van der Waals surface area contributed by atoms with Crippen LogP contribution in [-0.2, 0) is 23.1 Å². The molecule has 0 spiro atoms. The summed E-state index contributed by atoms with van der Waals surface area (Å²) in [6.45, 7) is 4.12. The summed E-state index contributed by atoms with van der Waals surface area (Å²) in [6, 6.07) is 3.88. The van der Waals surface area contributed by atoms with Gasteiger partial charge in [0.05, 0.1) is 30.9 Å². The Hall–Kier alpha value is -1.97. The monoisotopic (exact) mass is 365 g/mol. The molecule has 0 saturated carbocycles. The molecule has 9 heteroatoms. The number of fused-ring (bicyclic) bond motifs is 1. The summed E-state index contributed by atoms with van der Waals surface area (Å²) in [5, 5.41) is 0. The lowest BCUT2D eigenvalue weighted by Gasteiger charge is -2.34. The van der Waals surface area contributed by atoms with Gasteiger partial charge in [0, 0.05) is 44.1 Å². The Morgan fingerprint density at radius 2 is 2.28 bits per heavy atom. The highest BCUT2D eigenvalue weighted by molar-refractivity contribution is 7.89. The van der Waals surface area contributed by atoms with E-state index in [0.29, 0.717) is 25.5 Å². The van der Waals surface area contributed by atoms with Gasteiger partial charge in [-0.05, 0) is 13.0 Å². The molecule has 8 nitrogen and oxygen atoms in total. The van der Waals surface area contributed by atoms with Gasteiger partial charge in [0.25, 0.3) is 0 Å². The average molecular weight is 365 g/mol. The van der Waals surface area contributed by atoms with Gasteiger partial charge in [0.15, 0.2) is 0 Å². The van der Waals surface area contributed by atoms with Crippen LogP contribution in [0.15, 0.2) is 30.9 Å². The van der Waals surface area contributed by atoms with Gasteiger partial charge in [0.1, 0.15) is 0 Å². The molecule has 1 atom stereocenters. The Kier molecular flexibility index (Phi) is 5.36. The second-order valence-corrected chi connectivity index (χ2v) is 8.13. The second-order valence-electron chi connectivity index (χ2n) is 6.04. The van der Waals surface area contributed by atoms with Crippen molar-refractivity contribution in [2.24, 2.45) is 0 Å². The van der Waals surface area contributed by atoms with E-state index in [1.165, 1.54) is 0 Å². The predicted molar refractivity (Wildman–Crippen MR) is 93.6 cm³/mol. The fourth-order valence-electron chi connectivity index (χ4n) is 3.04. The van der Waals surface area contributed by atoms with E-state index in [1.54, 1.807) is 26.6 Å². The Morgan fingerprint density at radius 1 is 1.44 bits per heavy atom. The van der Waals surface area contributed by atoms with Crippen molar-refractivity contribution in [2.75, 3.05) is 26.0 Å². The summed E-state index contributed by atoms with van der Waals surface area (Å²) in [4.78, 5) is 10.7. The number of rotatable bonds is 7. The summed E-state index contributed by atoms with van der Waals surface area (Å²) < 4.78 is 33.6. The largest absolute Gasteiger partial charge is 0.481 e. The van der Waals surface area contributed by atoms with E-state index in [-0.39, 0.29) is 11.8 Å². The first-order valence-electron chi connectivity index (χ1n) is 8.20. The fourth-order valence-corrected chi connectivity index (χ4v) is 3.69. The van der Waals surface area contributed by atoms with Crippen LogP contribution < -0.4 is 9.46 Å². The van der Waals surface area contributed by atoms with E-state index in [0.717, 1.165) is 17.8 Å². The predicted octanol–water partition coefficient (Wildman–Crippen LogP) is 0.783. The normalized spacial score (nSPS) is 18.1. The standard InChI is InChI=1S/C16H23N5O3S/c1-3-25(22,23)19-8-15-11-20(10-14-7-17-12-21(14)15)9-13-5-4-6-18-16(13)24-2/h4-7,12,15,19H,3,8-11H2,1-2H3. The number of hydrogen-bond acceptors (Lipinski definition) is 6. The van der Waals surface area contributed by atoms with E-state index in [1.807, 2.05) is 18.3 Å². The topological polar surface area (TPSA) is 89.3 Å². The van der Waals surface area contributed by atoms with Crippen LogP contribution in [0, 0.1) is 0 Å². The molecule has 136 valence electrons. The molecule has 25 heavy (non-hydrogen) atoms. The first-order chi connectivity index (χ1) is 12.0. The van der Waals surface area contributed by atoms with Crippen molar-refractivity contribution in [1.29, 1.82) is 0 Å². The Morgan fingerprint density at radius 3 is 3.04 bits per heavy atom. The van der Waals surface area contributed by atoms with Gasteiger partial charge >= 0.3 is 0 Å². The first-order valence-corrected chi connectivity index (χ1v) is 9.86. The molecule has 3 heterocycles. The van der Waals surface area contributed by atoms with Crippen molar-refractivity contribution in [3.05, 3.63) is 42.1 Å². The third kappa shape index (κ3) is 4.17. The lowest BCUT2D eigenvalue weighted by Crippen LogP contribution is -2.42. The maximum absolute atomic E-state index is 11.8. The zero-order valence-corrected chi connectivity index (χ0v) is 15.2. The summed E-state index contributed by atoms with van der Waals surface area (Å²) in [5.41, 5.74) is 2.07. The van der Waals surface area contributed by atoms with Gasteiger partial charge in [-0.2, -0.15) is 0 Å². The molecule has 2 aromatic rings. The molecular weight excluding hydrogens is 342 g/mol. The molecule has 0 radical (unpaired) electrons. The van der Waals surface area contributed by atoms with Crippen molar-refractivity contribution in [1.82, 2.24) is 24.2 Å². The van der Waals surface area contributed by atoms with Gasteiger partial charge < -0.3 is 9.30 Å². The summed E-state index contributed by atoms with van der Waals surface area (Å²) in [6.07, 6.45) is 5.30. The third-order valence-electron chi connectivity index (χ3n) is 4.35. The highest BCUT2D eigenvalue weighted by atomic mass is 32.2. The zero-order chi connectivity index (χ0) is 17.9. The van der Waals surface area contributed by atoms with Gasteiger partial charge in [-0.3, -0.25) is 4.90 Å². The van der Waals surface area contributed by atoms with Crippen LogP contribution in [0.4, 0.5) is 0 Å². The van der Waals surface area contributed by atoms with Crippen molar-refractivity contribution >= 4 is 10.0 Å². The van der Waals surface area contributed by atoms with Gasteiger partial charge in [-0.25, -0.2) is 23.1 Å². The van der Waals surface area contributed by atoms with Gasteiger partial charge in [0.2, 0.25) is 15.9 Å². The third-order valence-corrected chi connectivity index (χ3v) is 5.72. The highest BCUT2D eigenvalue weighted by Gasteiger charge is 2.26. The second kappa shape index (κ2) is 7.51. The molecule has 0 saturated heterocycles. The van der Waals surface area contributed by atoms with Crippen LogP contribution in [0.3, 0.4) is 0 Å². The smallest absolute Gasteiger partial charge is 0.217 e. The van der Waals surface area contributed by atoms with Crippen LogP contribution in [0.25, 0.3) is 0 Å². The molecule has 0 fully saturated rings. The molecule has 1 aliphatic heterocycles. The molecular formula is C16H23N5O3S. The van der Waals surface area contributed by atoms with E-state index >= 15 is 0 Å². The van der Waals surface area contributed by atoms with Crippen molar-refractivity contribution in [3.63, 3.8) is 0 Å². The van der Waals surface area contributed by atoms with Crippen LogP contribution in [0.1, 0.15) is 24.2 Å². The van der Waals surface area contributed by atoms with Crippen LogP contribution in [0.5, 0.6) is 5.88 Å². The van der Waals surface area contributed by atoms with Crippen molar-refractivity contribution in [3.8, 4) is 5.88 Å². The summed E-state index contributed by atoms with van der Waals surface area (Å²) in [5.74, 6) is 0.692. The average Bonchev–Trinajstić information content (AvgIpc) is 3.09. The minimum absolute atomic E-state index is 0.00441. The molecule has 0 bridgehead atoms. The van der Waals surface area contributed by atoms with Crippen LogP contribution in [-0.4, -0.2) is 53.8 Å². The van der Waals surface area contributed by atoms with E-state index < -0.39 is 10.0 Å². The molecule has 1 aliphatic rings. The SMILES string of the molecule is CCS(=O)(=O)NCC1CN(Cc2cccnc2OC)Cc2cncn21. The number of pyridine rings is 1. The molecule has 3 rings (SSSR count). The quantitative estimate of drug-likeness (QED) is 0.780. The lowest BCUT2D eigenvalue weighted by atomic mass is 10.1. The Balaban J connectivity index is 1.75. The maximum atomic E-state index is 11.8. The van der Waals surface area contributed by atoms with E-state index in [4.69, 9.17) is 4.74 Å². The van der Waals surface area contributed by atoms with Crippen LogP contribution >= 0.6 is 0 Å². The van der Waals surface area contributed by atoms with E-state index in [9.17, 15) is 8.42 Å². The van der Waals surface area contributed by atoms with Crippen molar-refractivity contribution in [2.45, 2.75) is 26.1 Å². The molecule has 0 aliphatic carbocycles. The Labute approximate surface area is 147 Å². The molecule has 0 amide bonds. The molecule has 1 unspecified atom stereocenters. The number of sulfonamides is 1. The minimum Gasteiger partial charge on any atom is -0.481 e. The molecule has 2 aromatic heterocycles. The first kappa shape index (κ1) is 17.8. The van der Waals surface area contributed by atoms with Gasteiger partial charge in [-0.15, -0.1) is 0 Å². The number of aromatic nitrogens is 3. The number of imidazole rings is 1. The van der Waals surface area contributed by atoms with Crippen molar-refractivity contribution < 1.29 is 13.2 Å². The summed E-state index contributed by atoms with van der Waals surface area (Å²) in [7, 11) is -1.61. The number of nitrogens with zero attached hydrogens (tertiary/aromatic N) is 4. The molecule has 0 aromatic carbocycles. The number of methoxy groups -OCH3 is 1. The number of hydrogen-bond donors (Lipinski definition) is 1. The van der Waals surface area contributed by atoms with E-state index in [2.05, 4.69) is 24.2 Å². The van der Waals surface area contributed by atoms with Crippen LogP contribution in [0.2, 0.25) is 0 Å². The minimum atomic E-state index is -3.22. The number of ether oxygens (including phenoxy) is 1. The lowest BCUT2D eigenvalue weighted by molar-refractivity contribution is 0.175. The van der Waals surface area contributed by atoms with Gasteiger partial charge in [-0.1, -0.05) is 6.07 Å². The Bertz CT molecular complexity index is 821. The maximum Gasteiger partial charge on any atom is 0.217 e. The fraction of sp³-hybridized carbons (Fsp3) is 0.500. The highest BCUT2D eigenvalue weighted by Crippen LogP contribution is 2.24.